The molecule has 1 heterocycles. The Hall–Kier alpha value is -2.30. The number of hydrogen-bond acceptors (Lipinski definition) is 2. The number of benzene rings is 2. The van der Waals surface area contributed by atoms with Crippen molar-refractivity contribution in [3.05, 3.63) is 70.9 Å². The number of rotatable bonds is 6. The normalized spacial score (nSPS) is 16.8. The predicted octanol–water partition coefficient (Wildman–Crippen LogP) is 5.06. The molecule has 0 saturated heterocycles. The van der Waals surface area contributed by atoms with Crippen LogP contribution in [0.5, 0.6) is 0 Å². The van der Waals surface area contributed by atoms with Gasteiger partial charge in [-0.05, 0) is 56.3 Å². The molecular weight excluding hydrogens is 394 g/mol. The predicted molar refractivity (Wildman–Crippen MR) is 124 cm³/mol. The van der Waals surface area contributed by atoms with Crippen LogP contribution in [-0.2, 0) is 17.3 Å². The van der Waals surface area contributed by atoms with Gasteiger partial charge in [0, 0.05) is 35.7 Å². The second-order valence-electron chi connectivity index (χ2n) is 8.70. The van der Waals surface area contributed by atoms with Crippen molar-refractivity contribution < 1.29 is 4.79 Å². The van der Waals surface area contributed by atoms with E-state index in [1.807, 2.05) is 24.3 Å². The molecule has 1 N–H and O–H groups in total. The van der Waals surface area contributed by atoms with Gasteiger partial charge in [0.05, 0.1) is 11.5 Å². The molecule has 1 unspecified atom stereocenters. The Morgan fingerprint density at radius 1 is 1.13 bits per heavy atom. The van der Waals surface area contributed by atoms with E-state index in [4.69, 9.17) is 11.6 Å². The van der Waals surface area contributed by atoms with Gasteiger partial charge in [-0.15, -0.1) is 0 Å². The molecule has 1 aliphatic carbocycles. The topological polar surface area (TPSA) is 37.3 Å². The molecule has 2 aromatic carbocycles. The molecular formula is C25H30ClN3O. The molecule has 1 amide bonds. The van der Waals surface area contributed by atoms with Crippen LogP contribution >= 0.6 is 11.6 Å². The zero-order chi connectivity index (χ0) is 21.3. The van der Waals surface area contributed by atoms with Crippen LogP contribution < -0.4 is 5.32 Å². The summed E-state index contributed by atoms with van der Waals surface area (Å²) in [6.45, 7) is 0.579. The van der Waals surface area contributed by atoms with Crippen molar-refractivity contribution in [2.45, 2.75) is 37.1 Å². The summed E-state index contributed by atoms with van der Waals surface area (Å²) >= 11 is 6.09. The highest BCUT2D eigenvalue weighted by Crippen LogP contribution is 2.42. The third kappa shape index (κ3) is 3.75. The zero-order valence-electron chi connectivity index (χ0n) is 18.0. The Morgan fingerprint density at radius 2 is 1.80 bits per heavy atom. The van der Waals surface area contributed by atoms with E-state index in [1.165, 1.54) is 16.5 Å². The van der Waals surface area contributed by atoms with Gasteiger partial charge in [-0.25, -0.2) is 0 Å². The Kier molecular flexibility index (Phi) is 5.90. The Bertz CT molecular complexity index is 1030. The molecule has 5 heteroatoms. The van der Waals surface area contributed by atoms with E-state index in [0.717, 1.165) is 31.2 Å². The van der Waals surface area contributed by atoms with E-state index in [1.54, 1.807) is 0 Å². The first-order valence-electron chi connectivity index (χ1n) is 10.7. The van der Waals surface area contributed by atoms with Gasteiger partial charge in [0.1, 0.15) is 0 Å². The lowest BCUT2D eigenvalue weighted by molar-refractivity contribution is -0.126. The molecule has 4 nitrogen and oxygen atoms in total. The maximum absolute atomic E-state index is 13.5. The molecule has 1 saturated carbocycles. The van der Waals surface area contributed by atoms with Crippen molar-refractivity contribution in [1.82, 2.24) is 14.8 Å². The standard InChI is InChI=1S/C25H30ClN3O/c1-28(2)23(21-17-29(3)22-9-5-4-8-20(21)22)16-27-24(30)25(14-6-7-15-25)18-10-12-19(26)13-11-18/h4-5,8-13,17,23H,6-7,14-16H2,1-3H3,(H,27,30). The Morgan fingerprint density at radius 3 is 2.47 bits per heavy atom. The minimum absolute atomic E-state index is 0.101. The fourth-order valence-electron chi connectivity index (χ4n) is 4.96. The average molecular weight is 424 g/mol. The van der Waals surface area contributed by atoms with Crippen LogP contribution in [0.4, 0.5) is 0 Å². The molecule has 3 aromatic rings. The number of hydrogen-bond donors (Lipinski definition) is 1. The van der Waals surface area contributed by atoms with Gasteiger partial charge >= 0.3 is 0 Å². The van der Waals surface area contributed by atoms with E-state index in [-0.39, 0.29) is 11.9 Å². The fraction of sp³-hybridized carbons (Fsp3) is 0.400. The summed E-state index contributed by atoms with van der Waals surface area (Å²) in [5.41, 5.74) is 3.08. The van der Waals surface area contributed by atoms with Crippen LogP contribution in [0.1, 0.15) is 42.9 Å². The van der Waals surface area contributed by atoms with Gasteiger partial charge in [-0.1, -0.05) is 54.8 Å². The van der Waals surface area contributed by atoms with Crippen molar-refractivity contribution in [3.8, 4) is 0 Å². The summed E-state index contributed by atoms with van der Waals surface area (Å²) in [5, 5.41) is 5.25. The van der Waals surface area contributed by atoms with E-state index >= 15 is 0 Å². The molecule has 1 fully saturated rings. The number of likely N-dealkylation sites (N-methyl/N-ethyl adjacent to an activating group) is 1. The summed E-state index contributed by atoms with van der Waals surface area (Å²) in [4.78, 5) is 15.7. The maximum Gasteiger partial charge on any atom is 0.230 e. The molecule has 0 aliphatic heterocycles. The first kappa shape index (κ1) is 21.0. The lowest BCUT2D eigenvalue weighted by Crippen LogP contribution is -2.45. The number of nitrogens with one attached hydrogen (secondary N) is 1. The van der Waals surface area contributed by atoms with E-state index in [2.05, 4.69) is 66.4 Å². The number of fused-ring (bicyclic) bond motifs is 1. The summed E-state index contributed by atoms with van der Waals surface area (Å²) < 4.78 is 2.16. The third-order valence-corrected chi connectivity index (χ3v) is 6.91. The lowest BCUT2D eigenvalue weighted by Gasteiger charge is -2.31. The first-order chi connectivity index (χ1) is 14.4. The Labute approximate surface area is 183 Å². The number of aromatic nitrogens is 1. The van der Waals surface area contributed by atoms with Crippen LogP contribution in [0.15, 0.2) is 54.7 Å². The molecule has 0 bridgehead atoms. The Balaban J connectivity index is 1.59. The SMILES string of the molecule is CN(C)C(CNC(=O)C1(c2ccc(Cl)cc2)CCCC1)c1cn(C)c2ccccc12. The number of amides is 1. The van der Waals surface area contributed by atoms with E-state index in [9.17, 15) is 4.79 Å². The number of para-hydroxylation sites is 1. The summed E-state index contributed by atoms with van der Waals surface area (Å²) in [6, 6.07) is 16.4. The van der Waals surface area contributed by atoms with Crippen molar-refractivity contribution in [3.63, 3.8) is 0 Å². The van der Waals surface area contributed by atoms with Crippen molar-refractivity contribution in [1.29, 1.82) is 0 Å². The van der Waals surface area contributed by atoms with Crippen molar-refractivity contribution >= 4 is 28.4 Å². The summed E-state index contributed by atoms with van der Waals surface area (Å²) in [7, 11) is 6.22. The lowest BCUT2D eigenvalue weighted by atomic mass is 9.78. The van der Waals surface area contributed by atoms with Gasteiger partial charge in [-0.2, -0.15) is 0 Å². The van der Waals surface area contributed by atoms with Crippen molar-refractivity contribution in [2.24, 2.45) is 7.05 Å². The van der Waals surface area contributed by atoms with Gasteiger partial charge < -0.3 is 14.8 Å². The van der Waals surface area contributed by atoms with Crippen LogP contribution in [0, 0.1) is 0 Å². The molecule has 4 rings (SSSR count). The van der Waals surface area contributed by atoms with Crippen LogP contribution in [0.25, 0.3) is 10.9 Å². The monoisotopic (exact) mass is 423 g/mol. The largest absolute Gasteiger partial charge is 0.353 e. The van der Waals surface area contributed by atoms with Crippen molar-refractivity contribution in [2.75, 3.05) is 20.6 Å². The average Bonchev–Trinajstić information content (AvgIpc) is 3.35. The highest BCUT2D eigenvalue weighted by Gasteiger charge is 2.42. The van der Waals surface area contributed by atoms with Crippen LogP contribution in [-0.4, -0.2) is 36.0 Å². The van der Waals surface area contributed by atoms with Gasteiger partial charge in [0.15, 0.2) is 0 Å². The summed E-state index contributed by atoms with van der Waals surface area (Å²) in [6.07, 6.45) is 6.13. The molecule has 30 heavy (non-hydrogen) atoms. The third-order valence-electron chi connectivity index (χ3n) is 6.65. The number of nitrogens with zero attached hydrogens (tertiary/aromatic N) is 2. The molecule has 0 radical (unpaired) electrons. The minimum atomic E-state index is -0.444. The van der Waals surface area contributed by atoms with E-state index < -0.39 is 5.41 Å². The summed E-state index contributed by atoms with van der Waals surface area (Å²) in [5.74, 6) is 0.134. The number of aryl methyl sites for hydroxylation is 1. The quantitative estimate of drug-likeness (QED) is 0.601. The molecule has 1 aliphatic rings. The number of carbonyl (C=O) groups excluding carboxylic acids is 1. The van der Waals surface area contributed by atoms with Gasteiger partial charge in [0.25, 0.3) is 0 Å². The number of halogens is 1. The zero-order valence-corrected chi connectivity index (χ0v) is 18.7. The first-order valence-corrected chi connectivity index (χ1v) is 11.0. The van der Waals surface area contributed by atoms with Crippen LogP contribution in [0.2, 0.25) is 5.02 Å². The molecule has 0 spiro atoms. The van der Waals surface area contributed by atoms with Gasteiger partial charge in [0.2, 0.25) is 5.91 Å². The highest BCUT2D eigenvalue weighted by atomic mass is 35.5. The van der Waals surface area contributed by atoms with E-state index in [0.29, 0.717) is 11.6 Å². The van der Waals surface area contributed by atoms with Crippen LogP contribution in [0.3, 0.4) is 0 Å². The highest BCUT2D eigenvalue weighted by molar-refractivity contribution is 6.30. The molecule has 1 aromatic heterocycles. The van der Waals surface area contributed by atoms with Gasteiger partial charge in [-0.3, -0.25) is 4.79 Å². The molecule has 1 atom stereocenters. The molecule has 158 valence electrons. The second-order valence-corrected chi connectivity index (χ2v) is 9.13. The maximum atomic E-state index is 13.5. The number of carbonyl (C=O) groups is 1. The minimum Gasteiger partial charge on any atom is -0.353 e. The second kappa shape index (κ2) is 8.44. The smallest absolute Gasteiger partial charge is 0.230 e. The fourth-order valence-corrected chi connectivity index (χ4v) is 5.09.